The van der Waals surface area contributed by atoms with Gasteiger partial charge in [-0.05, 0) is 62.1 Å². The zero-order chi connectivity index (χ0) is 35.7. The van der Waals surface area contributed by atoms with Crippen LogP contribution in [-0.4, -0.2) is 58.0 Å². The molecule has 9 nitrogen and oxygen atoms in total. The summed E-state index contributed by atoms with van der Waals surface area (Å²) in [5.74, 6) is -0.0403. The highest BCUT2D eigenvalue weighted by Crippen LogP contribution is 2.34. The van der Waals surface area contributed by atoms with E-state index in [0.717, 1.165) is 58.7 Å². The number of sulfonamides is 1. The third-order valence-corrected chi connectivity index (χ3v) is 11.0. The number of anilines is 1. The fourth-order valence-electron chi connectivity index (χ4n) is 6.33. The van der Waals surface area contributed by atoms with Crippen LogP contribution in [0.1, 0.15) is 54.4 Å². The van der Waals surface area contributed by atoms with Gasteiger partial charge in [0, 0.05) is 25.1 Å². The molecule has 1 atom stereocenters. The maximum atomic E-state index is 14.8. The number of methoxy groups -OCH3 is 2. The number of nitrogens with one attached hydrogen (secondary N) is 1. The van der Waals surface area contributed by atoms with Crippen molar-refractivity contribution in [1.82, 2.24) is 10.2 Å². The highest BCUT2D eigenvalue weighted by Gasteiger charge is 2.35. The first-order valence-corrected chi connectivity index (χ1v) is 18.5. The van der Waals surface area contributed by atoms with E-state index in [0.29, 0.717) is 11.5 Å². The van der Waals surface area contributed by atoms with Gasteiger partial charge in [-0.3, -0.25) is 13.9 Å². The van der Waals surface area contributed by atoms with Crippen molar-refractivity contribution in [2.45, 2.75) is 75.9 Å². The highest BCUT2D eigenvalue weighted by molar-refractivity contribution is 7.92. The van der Waals surface area contributed by atoms with E-state index in [2.05, 4.69) is 5.32 Å². The Labute approximate surface area is 296 Å². The second-order valence-electron chi connectivity index (χ2n) is 12.9. The predicted octanol–water partition coefficient (Wildman–Crippen LogP) is 6.60. The number of nitrogens with zero attached hydrogens (tertiary/aromatic N) is 2. The molecule has 264 valence electrons. The molecule has 0 unspecified atom stereocenters. The molecule has 0 saturated heterocycles. The lowest BCUT2D eigenvalue weighted by Gasteiger charge is -2.35. The summed E-state index contributed by atoms with van der Waals surface area (Å²) in [5.41, 5.74) is 3.90. The van der Waals surface area contributed by atoms with Crippen molar-refractivity contribution >= 4 is 27.5 Å². The second kappa shape index (κ2) is 16.7. The largest absolute Gasteiger partial charge is 0.493 e. The summed E-state index contributed by atoms with van der Waals surface area (Å²) in [5, 5.41) is 3.25. The molecule has 1 N–H and O–H groups in total. The Balaban J connectivity index is 1.59. The number of hydrogen-bond acceptors (Lipinski definition) is 6. The third-order valence-electron chi connectivity index (χ3n) is 9.24. The van der Waals surface area contributed by atoms with Crippen molar-refractivity contribution < 1.29 is 27.5 Å². The van der Waals surface area contributed by atoms with Gasteiger partial charge in [-0.1, -0.05) is 97.1 Å². The van der Waals surface area contributed by atoms with Crippen LogP contribution in [0.3, 0.4) is 0 Å². The summed E-state index contributed by atoms with van der Waals surface area (Å²) in [6.45, 7) is 3.41. The van der Waals surface area contributed by atoms with E-state index in [1.165, 1.54) is 31.3 Å². The average molecular weight is 698 g/mol. The number of benzene rings is 4. The summed E-state index contributed by atoms with van der Waals surface area (Å²) in [6.07, 6.45) is 5.25. The molecule has 0 heterocycles. The van der Waals surface area contributed by atoms with Crippen LogP contribution in [0.15, 0.2) is 102 Å². The molecule has 4 aromatic carbocycles. The lowest BCUT2D eigenvalue weighted by atomic mass is 9.94. The maximum Gasteiger partial charge on any atom is 0.264 e. The van der Waals surface area contributed by atoms with Gasteiger partial charge >= 0.3 is 0 Å². The minimum Gasteiger partial charge on any atom is -0.493 e. The van der Waals surface area contributed by atoms with Gasteiger partial charge in [-0.2, -0.15) is 0 Å². The molecule has 4 aromatic rings. The van der Waals surface area contributed by atoms with Crippen LogP contribution >= 0.6 is 0 Å². The van der Waals surface area contributed by atoms with Gasteiger partial charge in [0.15, 0.2) is 11.5 Å². The zero-order valence-electron chi connectivity index (χ0n) is 29.3. The van der Waals surface area contributed by atoms with Crippen LogP contribution in [0, 0.1) is 13.8 Å². The number of ether oxygens (including phenoxy) is 2. The van der Waals surface area contributed by atoms with E-state index in [1.54, 1.807) is 30.3 Å². The number of carbonyl (C=O) groups is 2. The molecule has 1 aliphatic rings. The van der Waals surface area contributed by atoms with Gasteiger partial charge in [0.1, 0.15) is 12.6 Å². The van der Waals surface area contributed by atoms with Crippen molar-refractivity contribution in [1.29, 1.82) is 0 Å². The zero-order valence-corrected chi connectivity index (χ0v) is 30.1. The fourth-order valence-corrected chi connectivity index (χ4v) is 7.74. The van der Waals surface area contributed by atoms with Crippen molar-refractivity contribution in [3.05, 3.63) is 119 Å². The topological polar surface area (TPSA) is 105 Å². The van der Waals surface area contributed by atoms with Crippen LogP contribution in [0.4, 0.5) is 5.69 Å². The monoisotopic (exact) mass is 697 g/mol. The quantitative estimate of drug-likeness (QED) is 0.159. The number of aryl methyl sites for hydroxylation is 2. The first-order valence-electron chi connectivity index (χ1n) is 17.1. The number of amides is 2. The van der Waals surface area contributed by atoms with Crippen LogP contribution in [0.5, 0.6) is 11.5 Å². The van der Waals surface area contributed by atoms with Gasteiger partial charge in [0.25, 0.3) is 10.0 Å². The first-order chi connectivity index (χ1) is 24.1. The number of rotatable bonds is 14. The summed E-state index contributed by atoms with van der Waals surface area (Å²) >= 11 is 0. The van der Waals surface area contributed by atoms with Crippen LogP contribution in [-0.2, 0) is 32.6 Å². The Morgan fingerprint density at radius 2 is 1.40 bits per heavy atom. The van der Waals surface area contributed by atoms with Gasteiger partial charge < -0.3 is 19.7 Å². The molecule has 5 rings (SSSR count). The van der Waals surface area contributed by atoms with E-state index in [-0.39, 0.29) is 35.5 Å². The molecule has 1 aliphatic carbocycles. The smallest absolute Gasteiger partial charge is 0.264 e. The molecule has 10 heteroatoms. The highest BCUT2D eigenvalue weighted by atomic mass is 32.2. The molecule has 2 amide bonds. The van der Waals surface area contributed by atoms with Gasteiger partial charge in [0.05, 0.1) is 24.8 Å². The molecule has 0 radical (unpaired) electrons. The molecular weight excluding hydrogens is 651 g/mol. The summed E-state index contributed by atoms with van der Waals surface area (Å²) in [6, 6.07) is 27.7. The summed E-state index contributed by atoms with van der Waals surface area (Å²) < 4.78 is 40.8. The molecule has 0 aromatic heterocycles. The van der Waals surface area contributed by atoms with Crippen molar-refractivity contribution in [2.75, 3.05) is 25.1 Å². The molecule has 0 aliphatic heterocycles. The van der Waals surface area contributed by atoms with E-state index in [1.807, 2.05) is 68.4 Å². The van der Waals surface area contributed by atoms with Crippen molar-refractivity contribution in [3.8, 4) is 11.5 Å². The van der Waals surface area contributed by atoms with Crippen LogP contribution < -0.4 is 19.1 Å². The minimum atomic E-state index is -4.26. The van der Waals surface area contributed by atoms with E-state index in [4.69, 9.17) is 9.47 Å². The fraction of sp³-hybridized carbons (Fsp3) is 0.350. The Morgan fingerprint density at radius 3 is 2.02 bits per heavy atom. The first kappa shape index (κ1) is 36.5. The predicted molar refractivity (Wildman–Crippen MR) is 196 cm³/mol. The maximum absolute atomic E-state index is 14.8. The Morgan fingerprint density at radius 1 is 0.780 bits per heavy atom. The average Bonchev–Trinajstić information content (AvgIpc) is 3.13. The molecule has 50 heavy (non-hydrogen) atoms. The Bertz CT molecular complexity index is 1840. The third kappa shape index (κ3) is 9.04. The SMILES string of the molecule is COc1ccc(N(CC(=O)N(Cc2ccc(C)cc2)[C@H](Cc2ccccc2)C(=O)NC2CCCCC2)S(=O)(=O)c2ccc(C)cc2)cc1OC. The molecule has 0 spiro atoms. The Kier molecular flexibility index (Phi) is 12.2. The summed E-state index contributed by atoms with van der Waals surface area (Å²) in [7, 11) is -1.30. The molecule has 0 bridgehead atoms. The van der Waals surface area contributed by atoms with E-state index in [9.17, 15) is 18.0 Å². The van der Waals surface area contributed by atoms with Crippen molar-refractivity contribution in [3.63, 3.8) is 0 Å². The molecule has 1 fully saturated rings. The van der Waals surface area contributed by atoms with Gasteiger partial charge in [-0.15, -0.1) is 0 Å². The van der Waals surface area contributed by atoms with Gasteiger partial charge in [-0.25, -0.2) is 8.42 Å². The molecule has 1 saturated carbocycles. The van der Waals surface area contributed by atoms with Crippen LogP contribution in [0.2, 0.25) is 0 Å². The Hall–Kier alpha value is -4.83. The standard InChI is InChI=1S/C40H47N3O6S/c1-29-15-19-32(20-16-29)27-42(36(25-31-11-7-5-8-12-31)40(45)41-33-13-9-6-10-14-33)39(44)28-43(34-21-24-37(48-3)38(26-34)49-4)50(46,47)35-22-17-30(2)18-23-35/h5,7-8,11-12,15-24,26,33,36H,6,9-10,13-14,25,27-28H2,1-4H3,(H,41,45)/t36-/m1/s1. The lowest BCUT2D eigenvalue weighted by Crippen LogP contribution is -2.55. The number of carbonyl (C=O) groups excluding carboxylic acids is 2. The summed E-state index contributed by atoms with van der Waals surface area (Å²) in [4.78, 5) is 30.7. The van der Waals surface area contributed by atoms with E-state index >= 15 is 0 Å². The van der Waals surface area contributed by atoms with E-state index < -0.39 is 28.5 Å². The van der Waals surface area contributed by atoms with Gasteiger partial charge in [0.2, 0.25) is 11.8 Å². The minimum absolute atomic E-state index is 0.0241. The normalized spacial score (nSPS) is 14.0. The molecular formula is C40H47N3O6S. The van der Waals surface area contributed by atoms with Crippen LogP contribution in [0.25, 0.3) is 0 Å². The lowest BCUT2D eigenvalue weighted by molar-refractivity contribution is -0.140. The van der Waals surface area contributed by atoms with Crippen molar-refractivity contribution in [2.24, 2.45) is 0 Å². The second-order valence-corrected chi connectivity index (χ2v) is 14.8. The number of hydrogen-bond donors (Lipinski definition) is 1.